The zero-order chi connectivity index (χ0) is 22.7. The molecule has 0 fully saturated rings. The summed E-state index contributed by atoms with van der Waals surface area (Å²) in [5.41, 5.74) is 1.21. The Balaban J connectivity index is 1.52. The second-order valence-electron chi connectivity index (χ2n) is 6.64. The van der Waals surface area contributed by atoms with Gasteiger partial charge in [0.25, 0.3) is 15.9 Å². The van der Waals surface area contributed by atoms with E-state index in [-0.39, 0.29) is 16.1 Å². The molecule has 0 saturated carbocycles. The molecule has 164 valence electrons. The Kier molecular flexibility index (Phi) is 5.97. The second kappa shape index (κ2) is 8.85. The number of fused-ring (bicyclic) bond motifs is 1. The molecule has 0 unspecified atom stereocenters. The van der Waals surface area contributed by atoms with Gasteiger partial charge in [-0.05, 0) is 54.6 Å². The monoisotopic (exact) mass is 469 g/mol. The number of para-hydroxylation sites is 1. The Morgan fingerprint density at radius 1 is 0.969 bits per heavy atom. The molecule has 0 radical (unpaired) electrons. The summed E-state index contributed by atoms with van der Waals surface area (Å²) in [7, 11) is -0.763. The highest BCUT2D eigenvalue weighted by Crippen LogP contribution is 2.32. The number of amides is 1. The molecule has 10 heteroatoms. The van der Waals surface area contributed by atoms with Gasteiger partial charge in [-0.25, -0.2) is 13.4 Å². The van der Waals surface area contributed by atoms with Crippen LogP contribution in [0.5, 0.6) is 11.5 Å². The van der Waals surface area contributed by atoms with Crippen LogP contribution in [0.2, 0.25) is 0 Å². The number of carbonyl (C=O) groups is 1. The normalized spacial score (nSPS) is 11.2. The maximum Gasteiger partial charge on any atom is 0.261 e. The van der Waals surface area contributed by atoms with Gasteiger partial charge >= 0.3 is 0 Å². The molecule has 8 nitrogen and oxygen atoms in total. The maximum atomic E-state index is 12.7. The minimum atomic E-state index is -3.83. The minimum Gasteiger partial charge on any atom is -0.497 e. The highest BCUT2D eigenvalue weighted by molar-refractivity contribution is 7.92. The van der Waals surface area contributed by atoms with Crippen molar-refractivity contribution in [1.82, 2.24) is 4.98 Å². The van der Waals surface area contributed by atoms with Gasteiger partial charge in [0, 0.05) is 11.3 Å². The Labute approximate surface area is 188 Å². The lowest BCUT2D eigenvalue weighted by molar-refractivity contribution is 0.102. The third-order valence-corrected chi connectivity index (χ3v) is 6.90. The molecule has 0 aliphatic carbocycles. The van der Waals surface area contributed by atoms with Crippen molar-refractivity contribution in [3.8, 4) is 11.5 Å². The number of hydrogen-bond acceptors (Lipinski definition) is 7. The molecular weight excluding hydrogens is 450 g/mol. The summed E-state index contributed by atoms with van der Waals surface area (Å²) >= 11 is 1.32. The molecule has 2 N–H and O–H groups in total. The SMILES string of the molecule is COc1ccc(S(=O)(=O)Nc2cccc(C(=O)Nc3nc4c(OC)cccc4s3)c2)cc1. The number of sulfonamides is 1. The van der Waals surface area contributed by atoms with E-state index in [1.807, 2.05) is 12.1 Å². The number of carbonyl (C=O) groups excluding carboxylic acids is 1. The Hall–Kier alpha value is -3.63. The van der Waals surface area contributed by atoms with E-state index in [1.165, 1.54) is 36.6 Å². The molecule has 4 rings (SSSR count). The van der Waals surface area contributed by atoms with Gasteiger partial charge in [0.2, 0.25) is 0 Å². The first-order valence-electron chi connectivity index (χ1n) is 9.41. The standard InChI is InChI=1S/C22H19N3O5S2/c1-29-16-9-11-17(12-10-16)32(27,28)25-15-6-3-5-14(13-15)21(26)24-22-23-20-18(30-2)7-4-8-19(20)31-22/h3-13,25H,1-2H3,(H,23,24,26). The molecule has 1 aromatic heterocycles. The van der Waals surface area contributed by atoms with Crippen LogP contribution in [0.3, 0.4) is 0 Å². The average Bonchev–Trinajstić information content (AvgIpc) is 3.21. The topological polar surface area (TPSA) is 107 Å². The van der Waals surface area contributed by atoms with Crippen LogP contribution in [0.25, 0.3) is 10.2 Å². The second-order valence-corrected chi connectivity index (χ2v) is 9.36. The third-order valence-electron chi connectivity index (χ3n) is 4.57. The number of nitrogens with one attached hydrogen (secondary N) is 2. The molecular formula is C22H19N3O5S2. The van der Waals surface area contributed by atoms with Gasteiger partial charge in [-0.2, -0.15) is 0 Å². The fourth-order valence-corrected chi connectivity index (χ4v) is 4.93. The van der Waals surface area contributed by atoms with Crippen molar-refractivity contribution in [1.29, 1.82) is 0 Å². The number of hydrogen-bond donors (Lipinski definition) is 2. The van der Waals surface area contributed by atoms with E-state index in [1.54, 1.807) is 43.5 Å². The number of nitrogens with zero attached hydrogens (tertiary/aromatic N) is 1. The molecule has 0 aliphatic rings. The molecule has 0 bridgehead atoms. The first-order chi connectivity index (χ1) is 15.4. The van der Waals surface area contributed by atoms with Crippen LogP contribution < -0.4 is 19.5 Å². The number of thiazole rings is 1. The van der Waals surface area contributed by atoms with Crippen molar-refractivity contribution < 1.29 is 22.7 Å². The van der Waals surface area contributed by atoms with Gasteiger partial charge < -0.3 is 9.47 Å². The van der Waals surface area contributed by atoms with Crippen LogP contribution in [-0.2, 0) is 10.0 Å². The molecule has 4 aromatic rings. The number of ether oxygens (including phenoxy) is 2. The average molecular weight is 470 g/mol. The molecule has 32 heavy (non-hydrogen) atoms. The number of aromatic nitrogens is 1. The van der Waals surface area contributed by atoms with Gasteiger partial charge in [0.1, 0.15) is 17.0 Å². The summed E-state index contributed by atoms with van der Waals surface area (Å²) in [4.78, 5) is 17.2. The number of rotatable bonds is 7. The third kappa shape index (κ3) is 4.51. The fraction of sp³-hybridized carbons (Fsp3) is 0.0909. The Morgan fingerprint density at radius 3 is 2.44 bits per heavy atom. The first kappa shape index (κ1) is 21.6. The molecule has 1 heterocycles. The molecule has 0 spiro atoms. The Morgan fingerprint density at radius 2 is 1.72 bits per heavy atom. The first-order valence-corrected chi connectivity index (χ1v) is 11.7. The number of benzene rings is 3. The fourth-order valence-electron chi connectivity index (χ4n) is 3.00. The summed E-state index contributed by atoms with van der Waals surface area (Å²) in [5.74, 6) is 0.762. The van der Waals surface area contributed by atoms with Gasteiger partial charge in [-0.1, -0.05) is 23.5 Å². The minimum absolute atomic E-state index is 0.0802. The van der Waals surface area contributed by atoms with E-state index in [9.17, 15) is 13.2 Å². The lowest BCUT2D eigenvalue weighted by atomic mass is 10.2. The predicted octanol–water partition coefficient (Wildman–Crippen LogP) is 4.37. The van der Waals surface area contributed by atoms with Crippen molar-refractivity contribution >= 4 is 48.3 Å². The van der Waals surface area contributed by atoms with E-state index in [2.05, 4.69) is 15.0 Å². The predicted molar refractivity (Wildman–Crippen MR) is 124 cm³/mol. The highest BCUT2D eigenvalue weighted by atomic mass is 32.2. The summed E-state index contributed by atoms with van der Waals surface area (Å²) in [6.45, 7) is 0. The van der Waals surface area contributed by atoms with Crippen LogP contribution in [0.4, 0.5) is 10.8 Å². The van der Waals surface area contributed by atoms with Crippen LogP contribution in [0, 0.1) is 0 Å². The summed E-state index contributed by atoms with van der Waals surface area (Å²) < 4.78 is 39.0. The van der Waals surface area contributed by atoms with E-state index in [4.69, 9.17) is 9.47 Å². The van der Waals surface area contributed by atoms with Gasteiger partial charge in [0.05, 0.1) is 23.8 Å². The summed E-state index contributed by atoms with van der Waals surface area (Å²) in [6, 6.07) is 17.8. The molecule has 0 atom stereocenters. The molecule has 0 aliphatic heterocycles. The van der Waals surface area contributed by atoms with Gasteiger partial charge in [0.15, 0.2) is 5.13 Å². The molecule has 1 amide bonds. The zero-order valence-corrected chi connectivity index (χ0v) is 18.8. The van der Waals surface area contributed by atoms with E-state index >= 15 is 0 Å². The molecule has 0 saturated heterocycles. The summed E-state index contributed by atoms with van der Waals surface area (Å²) in [6.07, 6.45) is 0. The van der Waals surface area contributed by atoms with Crippen LogP contribution in [0.15, 0.2) is 71.6 Å². The number of methoxy groups -OCH3 is 2. The Bertz CT molecular complexity index is 1380. The van der Waals surface area contributed by atoms with Gasteiger partial charge in [-0.15, -0.1) is 0 Å². The van der Waals surface area contributed by atoms with E-state index in [0.29, 0.717) is 22.1 Å². The van der Waals surface area contributed by atoms with Crippen LogP contribution in [0.1, 0.15) is 10.4 Å². The van der Waals surface area contributed by atoms with Crippen molar-refractivity contribution in [3.05, 3.63) is 72.3 Å². The van der Waals surface area contributed by atoms with E-state index < -0.39 is 15.9 Å². The van der Waals surface area contributed by atoms with Crippen LogP contribution in [-0.4, -0.2) is 33.5 Å². The number of anilines is 2. The zero-order valence-electron chi connectivity index (χ0n) is 17.2. The largest absolute Gasteiger partial charge is 0.497 e. The van der Waals surface area contributed by atoms with Crippen molar-refractivity contribution in [2.75, 3.05) is 24.3 Å². The highest BCUT2D eigenvalue weighted by Gasteiger charge is 2.16. The van der Waals surface area contributed by atoms with Crippen molar-refractivity contribution in [3.63, 3.8) is 0 Å². The maximum absolute atomic E-state index is 12.7. The van der Waals surface area contributed by atoms with Crippen molar-refractivity contribution in [2.45, 2.75) is 4.90 Å². The van der Waals surface area contributed by atoms with Gasteiger partial charge in [-0.3, -0.25) is 14.8 Å². The lowest BCUT2D eigenvalue weighted by Crippen LogP contribution is -2.15. The quantitative estimate of drug-likeness (QED) is 0.416. The van der Waals surface area contributed by atoms with Crippen molar-refractivity contribution in [2.24, 2.45) is 0 Å². The smallest absolute Gasteiger partial charge is 0.261 e. The summed E-state index contributed by atoms with van der Waals surface area (Å²) in [5, 5.41) is 3.17. The van der Waals surface area contributed by atoms with Crippen LogP contribution >= 0.6 is 11.3 Å². The lowest BCUT2D eigenvalue weighted by Gasteiger charge is -2.10. The molecule has 3 aromatic carbocycles. The van der Waals surface area contributed by atoms with E-state index in [0.717, 1.165) is 4.70 Å².